The smallest absolute Gasteiger partial charge is 0.306 e. The largest absolute Gasteiger partial charge is 0.545 e. The second-order valence-electron chi connectivity index (χ2n) is 16.3. The van der Waals surface area contributed by atoms with Crippen molar-refractivity contribution in [1.82, 2.24) is 0 Å². The van der Waals surface area contributed by atoms with Gasteiger partial charge in [0.1, 0.15) is 13.2 Å². The van der Waals surface area contributed by atoms with Crippen molar-refractivity contribution in [2.75, 3.05) is 47.5 Å². The van der Waals surface area contributed by atoms with Gasteiger partial charge in [0.2, 0.25) is 0 Å². The maximum absolute atomic E-state index is 12.7. The van der Waals surface area contributed by atoms with Gasteiger partial charge in [-0.15, -0.1) is 0 Å². The minimum Gasteiger partial charge on any atom is -0.545 e. The summed E-state index contributed by atoms with van der Waals surface area (Å²) in [5.74, 6) is -2.31. The van der Waals surface area contributed by atoms with Crippen LogP contribution in [0.15, 0.2) is 36.5 Å². The van der Waals surface area contributed by atoms with Gasteiger partial charge in [0.15, 0.2) is 12.4 Å². The molecule has 0 saturated heterocycles. The predicted octanol–water partition coefficient (Wildman–Crippen LogP) is 10.5. The molecule has 56 heavy (non-hydrogen) atoms. The summed E-state index contributed by atoms with van der Waals surface area (Å²) in [5.41, 5.74) is 0. The van der Waals surface area contributed by atoms with Crippen LogP contribution in [0.4, 0.5) is 0 Å². The molecule has 0 aromatic rings. The Morgan fingerprint density at radius 1 is 0.536 bits per heavy atom. The highest BCUT2D eigenvalue weighted by atomic mass is 16.7. The average Bonchev–Trinajstić information content (AvgIpc) is 3.15. The standard InChI is InChI=1S/C47H85NO8/c1-6-8-10-12-14-16-18-20-22-24-25-27-29-31-33-35-37-44(49)54-41-43(42-55-47(46(51)52)53-40-39-48(3,4)5)56-45(50)38-36-34-32-30-28-26-23-21-19-17-15-13-11-9-7-2/h15,17,21-24,43,47H,6-14,16,18-20,25-42H2,1-5H3/b17-15-,23-21-,24-22-. The molecule has 0 radical (unpaired) electrons. The fourth-order valence-electron chi connectivity index (χ4n) is 6.03. The number of carboxylic acids is 1. The lowest BCUT2D eigenvalue weighted by Gasteiger charge is -2.26. The number of carbonyl (C=O) groups excluding carboxylic acids is 3. The van der Waals surface area contributed by atoms with E-state index in [9.17, 15) is 19.5 Å². The zero-order valence-electron chi connectivity index (χ0n) is 36.8. The van der Waals surface area contributed by atoms with Crippen LogP contribution >= 0.6 is 0 Å². The summed E-state index contributed by atoms with van der Waals surface area (Å²) in [6.07, 6.45) is 40.2. The lowest BCUT2D eigenvalue weighted by atomic mass is 10.1. The van der Waals surface area contributed by atoms with Crippen LogP contribution in [-0.2, 0) is 33.3 Å². The van der Waals surface area contributed by atoms with E-state index in [0.29, 0.717) is 17.4 Å². The van der Waals surface area contributed by atoms with Gasteiger partial charge < -0.3 is 33.3 Å². The first-order valence-electron chi connectivity index (χ1n) is 22.6. The highest BCUT2D eigenvalue weighted by Gasteiger charge is 2.21. The molecule has 0 aliphatic carbocycles. The van der Waals surface area contributed by atoms with Crippen LogP contribution in [0.2, 0.25) is 0 Å². The number of hydrogen-bond acceptors (Lipinski definition) is 8. The van der Waals surface area contributed by atoms with Crippen LogP contribution in [0.5, 0.6) is 0 Å². The fourth-order valence-corrected chi connectivity index (χ4v) is 6.03. The van der Waals surface area contributed by atoms with E-state index < -0.39 is 24.3 Å². The number of aliphatic carboxylic acids is 1. The molecule has 0 aromatic carbocycles. The Morgan fingerprint density at radius 3 is 1.46 bits per heavy atom. The summed E-state index contributed by atoms with van der Waals surface area (Å²) < 4.78 is 22.5. The lowest BCUT2D eigenvalue weighted by Crippen LogP contribution is -2.44. The number of quaternary nitrogens is 1. The van der Waals surface area contributed by atoms with E-state index in [1.54, 1.807) is 0 Å². The molecule has 0 aliphatic heterocycles. The molecule has 0 spiro atoms. The Labute approximate surface area is 343 Å². The van der Waals surface area contributed by atoms with Gasteiger partial charge in [-0.1, -0.05) is 140 Å². The highest BCUT2D eigenvalue weighted by Crippen LogP contribution is 2.13. The molecule has 2 unspecified atom stereocenters. The maximum atomic E-state index is 12.7. The number of esters is 2. The Hall–Kier alpha value is -2.49. The van der Waals surface area contributed by atoms with Crippen LogP contribution in [0.25, 0.3) is 0 Å². The first-order valence-corrected chi connectivity index (χ1v) is 22.6. The Bertz CT molecular complexity index is 1020. The van der Waals surface area contributed by atoms with E-state index in [1.807, 2.05) is 21.1 Å². The third-order valence-electron chi connectivity index (χ3n) is 9.61. The molecule has 9 heteroatoms. The van der Waals surface area contributed by atoms with Crippen molar-refractivity contribution in [3.8, 4) is 0 Å². The Morgan fingerprint density at radius 2 is 0.964 bits per heavy atom. The van der Waals surface area contributed by atoms with Gasteiger partial charge in [-0.05, 0) is 70.6 Å². The molecular formula is C47H85NO8. The zero-order chi connectivity index (χ0) is 41.4. The summed E-state index contributed by atoms with van der Waals surface area (Å²) >= 11 is 0. The summed E-state index contributed by atoms with van der Waals surface area (Å²) in [5, 5.41) is 11.7. The van der Waals surface area contributed by atoms with Crippen molar-refractivity contribution < 1.29 is 42.9 Å². The van der Waals surface area contributed by atoms with Crippen molar-refractivity contribution in [3.05, 3.63) is 36.5 Å². The molecule has 0 bridgehead atoms. The average molecular weight is 792 g/mol. The van der Waals surface area contributed by atoms with Gasteiger partial charge in [0.25, 0.3) is 0 Å². The minimum absolute atomic E-state index is 0.143. The first-order chi connectivity index (χ1) is 27.1. The second kappa shape index (κ2) is 39.3. The van der Waals surface area contributed by atoms with E-state index in [-0.39, 0.29) is 38.6 Å². The number of allylic oxidation sites excluding steroid dienone is 6. The Kier molecular flexibility index (Phi) is 37.6. The molecule has 0 heterocycles. The molecule has 2 atom stereocenters. The maximum Gasteiger partial charge on any atom is 0.306 e. The zero-order valence-corrected chi connectivity index (χ0v) is 36.8. The quantitative estimate of drug-likeness (QED) is 0.0198. The van der Waals surface area contributed by atoms with Crippen molar-refractivity contribution in [2.24, 2.45) is 0 Å². The molecule has 0 fully saturated rings. The van der Waals surface area contributed by atoms with Gasteiger partial charge in [-0.25, -0.2) is 0 Å². The number of unbranched alkanes of at least 4 members (excludes halogenated alkanes) is 20. The van der Waals surface area contributed by atoms with Gasteiger partial charge in [0, 0.05) is 12.8 Å². The number of nitrogens with zero attached hydrogens (tertiary/aromatic N) is 1. The third kappa shape index (κ3) is 39.7. The van der Waals surface area contributed by atoms with Gasteiger partial charge in [0.05, 0.1) is 40.3 Å². The van der Waals surface area contributed by atoms with Gasteiger partial charge in [-0.3, -0.25) is 9.59 Å². The number of carboxylic acid groups (broad SMARTS) is 1. The summed E-state index contributed by atoms with van der Waals surface area (Å²) in [6, 6.07) is 0. The number of likely N-dealkylation sites (N-methyl/N-ethyl adjacent to an activating group) is 1. The monoisotopic (exact) mass is 792 g/mol. The van der Waals surface area contributed by atoms with Crippen LogP contribution in [0, 0.1) is 0 Å². The van der Waals surface area contributed by atoms with E-state index >= 15 is 0 Å². The molecule has 9 nitrogen and oxygen atoms in total. The fraction of sp³-hybridized carbons (Fsp3) is 0.809. The Balaban J connectivity index is 4.47. The van der Waals surface area contributed by atoms with Crippen LogP contribution in [0.3, 0.4) is 0 Å². The normalized spacial score (nSPS) is 13.2. The number of hydrogen-bond donors (Lipinski definition) is 0. The second-order valence-corrected chi connectivity index (χ2v) is 16.3. The minimum atomic E-state index is -1.62. The van der Waals surface area contributed by atoms with E-state index in [1.165, 1.54) is 77.0 Å². The van der Waals surface area contributed by atoms with E-state index in [4.69, 9.17) is 18.9 Å². The van der Waals surface area contributed by atoms with Crippen LogP contribution in [-0.4, -0.2) is 82.3 Å². The molecule has 0 rings (SSSR count). The van der Waals surface area contributed by atoms with Crippen molar-refractivity contribution in [3.63, 3.8) is 0 Å². The number of carbonyl (C=O) groups is 3. The molecule has 0 aliphatic rings. The third-order valence-corrected chi connectivity index (χ3v) is 9.61. The van der Waals surface area contributed by atoms with Gasteiger partial charge >= 0.3 is 11.9 Å². The van der Waals surface area contributed by atoms with E-state index in [0.717, 1.165) is 77.0 Å². The number of ether oxygens (including phenoxy) is 4. The van der Waals surface area contributed by atoms with Gasteiger partial charge in [-0.2, -0.15) is 0 Å². The molecule has 326 valence electrons. The lowest BCUT2D eigenvalue weighted by molar-refractivity contribution is -0.870. The van der Waals surface area contributed by atoms with E-state index in [2.05, 4.69) is 50.3 Å². The summed E-state index contributed by atoms with van der Waals surface area (Å²) in [6.45, 7) is 4.68. The van der Waals surface area contributed by atoms with Crippen molar-refractivity contribution in [2.45, 2.75) is 200 Å². The molecular weight excluding hydrogens is 707 g/mol. The SMILES string of the molecule is CCCCC/C=C\C/C=C\CCCCCCCC(=O)OC(COC(=O)CCCCCCC/C=C\CCCCCCCCC)COC(OCC[N+](C)(C)C)C(=O)[O-]. The van der Waals surface area contributed by atoms with Crippen LogP contribution < -0.4 is 5.11 Å². The molecule has 0 N–H and O–H groups in total. The molecule has 0 amide bonds. The number of rotatable bonds is 41. The predicted molar refractivity (Wildman–Crippen MR) is 228 cm³/mol. The molecule has 0 aromatic heterocycles. The highest BCUT2D eigenvalue weighted by molar-refractivity contribution is 5.70. The molecule has 0 saturated carbocycles. The summed E-state index contributed by atoms with van der Waals surface area (Å²) in [7, 11) is 5.90. The topological polar surface area (TPSA) is 111 Å². The first kappa shape index (κ1) is 53.5. The summed E-state index contributed by atoms with van der Waals surface area (Å²) in [4.78, 5) is 37.0. The van der Waals surface area contributed by atoms with Crippen molar-refractivity contribution >= 4 is 17.9 Å². The van der Waals surface area contributed by atoms with Crippen LogP contribution in [0.1, 0.15) is 187 Å². The van der Waals surface area contributed by atoms with Crippen molar-refractivity contribution in [1.29, 1.82) is 0 Å².